The largest absolute Gasteiger partial charge is 0.480 e. The standard InChI is InChI=1S/C29H24F4N2O5/c1-27(2,38)6-3-7-39-22-10-19(29(31,32)33)17(11-34-22)14-4-5-20(30)15(8-14)13-40-21-9-16-18(12-35-21)24-25-23(16)28(24,25)26(36)37/h4-5,8-12,23,38H,3,6-7,13H2,1-2H3,(H,36,37)/t23-,28+/m1/s1. The van der Waals surface area contributed by atoms with Crippen LogP contribution in [0.4, 0.5) is 17.6 Å². The fourth-order valence-corrected chi connectivity index (χ4v) is 5.59. The Morgan fingerprint density at radius 3 is 2.40 bits per heavy atom. The van der Waals surface area contributed by atoms with Gasteiger partial charge in [-0.2, -0.15) is 13.2 Å². The summed E-state index contributed by atoms with van der Waals surface area (Å²) in [7, 11) is 0. The molecule has 4 aliphatic rings. The van der Waals surface area contributed by atoms with E-state index in [2.05, 4.69) is 9.97 Å². The van der Waals surface area contributed by atoms with Gasteiger partial charge in [-0.15, -0.1) is 0 Å². The van der Waals surface area contributed by atoms with Crippen LogP contribution < -0.4 is 9.47 Å². The normalized spacial score (nSPS) is 20.2. The first-order valence-corrected chi connectivity index (χ1v) is 12.6. The molecule has 0 radical (unpaired) electrons. The molecule has 0 unspecified atom stereocenters. The van der Waals surface area contributed by atoms with Crippen LogP contribution >= 0.6 is 0 Å². The molecule has 7 nitrogen and oxygen atoms in total. The smallest absolute Gasteiger partial charge is 0.417 e. The van der Waals surface area contributed by atoms with Gasteiger partial charge in [0.2, 0.25) is 11.8 Å². The van der Waals surface area contributed by atoms with Crippen LogP contribution in [0.3, 0.4) is 0 Å². The van der Waals surface area contributed by atoms with Crippen molar-refractivity contribution in [3.63, 3.8) is 0 Å². The Labute approximate surface area is 226 Å². The molecule has 1 aromatic carbocycles. The first kappa shape index (κ1) is 26.2. The highest BCUT2D eigenvalue weighted by molar-refractivity contribution is 6.24. The molecule has 2 atom stereocenters. The van der Waals surface area contributed by atoms with Gasteiger partial charge >= 0.3 is 12.1 Å². The third kappa shape index (κ3) is 4.19. The van der Waals surface area contributed by atoms with Gasteiger partial charge in [-0.1, -0.05) is 6.07 Å². The van der Waals surface area contributed by atoms with Crippen LogP contribution in [0.15, 0.2) is 48.3 Å². The Hall–Kier alpha value is -3.99. The highest BCUT2D eigenvalue weighted by Crippen LogP contribution is 2.91. The molecule has 2 N–H and O–H groups in total. The van der Waals surface area contributed by atoms with Gasteiger partial charge in [0.05, 0.1) is 17.8 Å². The lowest BCUT2D eigenvalue weighted by molar-refractivity contribution is -0.140. The number of nitrogens with zero attached hydrogens (tertiary/aromatic N) is 2. The predicted octanol–water partition coefficient (Wildman–Crippen LogP) is 5.76. The fourth-order valence-electron chi connectivity index (χ4n) is 5.59. The lowest BCUT2D eigenvalue weighted by Crippen LogP contribution is -2.19. The molecular weight excluding hydrogens is 532 g/mol. The number of aliphatic carboxylic acids is 1. The van der Waals surface area contributed by atoms with E-state index >= 15 is 0 Å². The SMILES string of the molecule is CC(C)(O)CCCOc1cc(C(F)(F)F)c(-c2ccc(F)c(COc3cc4c(cn3)C3=C5[C@@H]4[C@]35C(=O)O)c2)cn1. The van der Waals surface area contributed by atoms with Crippen molar-refractivity contribution in [2.24, 2.45) is 5.41 Å². The molecule has 0 spiro atoms. The molecule has 3 aromatic rings. The number of hydrogen-bond donors (Lipinski definition) is 2. The number of aliphatic hydroxyl groups is 1. The minimum Gasteiger partial charge on any atom is -0.480 e. The van der Waals surface area contributed by atoms with Crippen molar-refractivity contribution in [3.8, 4) is 22.9 Å². The van der Waals surface area contributed by atoms with Crippen LogP contribution in [0, 0.1) is 11.2 Å². The minimum absolute atomic E-state index is 0.0144. The maximum Gasteiger partial charge on any atom is 0.417 e. The summed E-state index contributed by atoms with van der Waals surface area (Å²) in [4.78, 5) is 19.8. The van der Waals surface area contributed by atoms with Gasteiger partial charge in [0.15, 0.2) is 0 Å². The van der Waals surface area contributed by atoms with Crippen molar-refractivity contribution in [3.05, 3.63) is 76.4 Å². The van der Waals surface area contributed by atoms with Crippen LogP contribution in [0.25, 0.3) is 16.7 Å². The number of ether oxygens (including phenoxy) is 2. The third-order valence-corrected chi connectivity index (χ3v) is 7.59. The van der Waals surface area contributed by atoms with Gasteiger partial charge in [-0.05, 0) is 61.1 Å². The molecule has 1 fully saturated rings. The van der Waals surface area contributed by atoms with Gasteiger partial charge in [0, 0.05) is 47.1 Å². The topological polar surface area (TPSA) is 102 Å². The van der Waals surface area contributed by atoms with Crippen LogP contribution in [-0.2, 0) is 17.6 Å². The number of carboxylic acids is 1. The number of carbonyl (C=O) groups is 1. The zero-order valence-electron chi connectivity index (χ0n) is 21.5. The van der Waals surface area contributed by atoms with Gasteiger partial charge in [0.1, 0.15) is 17.8 Å². The molecule has 0 saturated heterocycles. The second-order valence-electron chi connectivity index (χ2n) is 10.9. The molecular formula is C29H24F4N2O5. The average molecular weight is 557 g/mol. The van der Waals surface area contributed by atoms with Crippen LogP contribution in [0.2, 0.25) is 0 Å². The average Bonchev–Trinajstić information content (AvgIpc) is 3.68. The van der Waals surface area contributed by atoms with Crippen molar-refractivity contribution in [1.29, 1.82) is 0 Å². The van der Waals surface area contributed by atoms with Crippen molar-refractivity contribution in [2.75, 3.05) is 6.61 Å². The lowest BCUT2D eigenvalue weighted by Gasteiger charge is -2.17. The highest BCUT2D eigenvalue weighted by atomic mass is 19.4. The zero-order chi connectivity index (χ0) is 28.6. The molecule has 1 saturated carbocycles. The van der Waals surface area contributed by atoms with Gasteiger partial charge in [-0.25, -0.2) is 14.4 Å². The van der Waals surface area contributed by atoms with E-state index in [0.717, 1.165) is 40.6 Å². The predicted molar refractivity (Wildman–Crippen MR) is 134 cm³/mol. The number of rotatable bonds is 10. The first-order chi connectivity index (χ1) is 18.8. The Morgan fingerprint density at radius 2 is 1.75 bits per heavy atom. The molecule has 0 amide bonds. The quantitative estimate of drug-likeness (QED) is 0.242. The number of aromatic nitrogens is 2. The highest BCUT2D eigenvalue weighted by Gasteiger charge is 2.86. The number of hydrogen-bond acceptors (Lipinski definition) is 6. The van der Waals surface area contributed by atoms with E-state index in [4.69, 9.17) is 9.47 Å². The summed E-state index contributed by atoms with van der Waals surface area (Å²) in [6.07, 6.45) is -1.32. The van der Waals surface area contributed by atoms with E-state index in [1.165, 1.54) is 12.1 Å². The van der Waals surface area contributed by atoms with Crippen LogP contribution in [0.1, 0.15) is 54.9 Å². The Balaban J connectivity index is 1.18. The second kappa shape index (κ2) is 8.76. The summed E-state index contributed by atoms with van der Waals surface area (Å²) in [5.41, 5.74) is 0.438. The zero-order valence-corrected chi connectivity index (χ0v) is 21.5. The molecule has 0 aliphatic heterocycles. The molecule has 7 rings (SSSR count). The minimum atomic E-state index is -4.73. The number of alkyl halides is 3. The second-order valence-corrected chi connectivity index (χ2v) is 10.9. The summed E-state index contributed by atoms with van der Waals surface area (Å²) in [5, 5.41) is 19.3. The third-order valence-electron chi connectivity index (χ3n) is 7.59. The van der Waals surface area contributed by atoms with Gasteiger partial charge in [-0.3, -0.25) is 4.79 Å². The monoisotopic (exact) mass is 556 g/mol. The number of pyridine rings is 2. The van der Waals surface area contributed by atoms with E-state index < -0.39 is 34.5 Å². The van der Waals surface area contributed by atoms with E-state index in [0.29, 0.717) is 12.8 Å². The summed E-state index contributed by atoms with van der Waals surface area (Å²) in [6, 6.07) is 6.01. The van der Waals surface area contributed by atoms with Crippen molar-refractivity contribution in [1.82, 2.24) is 9.97 Å². The van der Waals surface area contributed by atoms with E-state index in [1.54, 1.807) is 26.1 Å². The van der Waals surface area contributed by atoms with Crippen molar-refractivity contribution in [2.45, 2.75) is 51.0 Å². The number of halogens is 4. The molecule has 2 heterocycles. The fraction of sp³-hybridized carbons (Fsp3) is 0.345. The van der Waals surface area contributed by atoms with Crippen molar-refractivity contribution < 1.29 is 42.0 Å². The van der Waals surface area contributed by atoms with E-state index in [1.807, 2.05) is 0 Å². The lowest BCUT2D eigenvalue weighted by atomic mass is 9.99. The van der Waals surface area contributed by atoms with E-state index in [-0.39, 0.29) is 47.6 Å². The maximum absolute atomic E-state index is 14.6. The van der Waals surface area contributed by atoms with E-state index in [9.17, 15) is 32.6 Å². The van der Waals surface area contributed by atoms with Crippen LogP contribution in [-0.4, -0.2) is 38.4 Å². The summed E-state index contributed by atoms with van der Waals surface area (Å²) < 4.78 is 67.6. The van der Waals surface area contributed by atoms with Gasteiger partial charge in [0.25, 0.3) is 0 Å². The molecule has 4 aliphatic carbocycles. The first-order valence-electron chi connectivity index (χ1n) is 12.6. The van der Waals surface area contributed by atoms with Gasteiger partial charge < -0.3 is 19.7 Å². The maximum atomic E-state index is 14.6. The summed E-state index contributed by atoms with van der Waals surface area (Å²) >= 11 is 0. The Morgan fingerprint density at radius 1 is 1.05 bits per heavy atom. The molecule has 40 heavy (non-hydrogen) atoms. The summed E-state index contributed by atoms with van der Waals surface area (Å²) in [5.74, 6) is -1.75. The molecule has 208 valence electrons. The molecule has 11 heteroatoms. The summed E-state index contributed by atoms with van der Waals surface area (Å²) in [6.45, 7) is 3.04. The Bertz CT molecular complexity index is 1590. The number of benzene rings is 1. The van der Waals surface area contributed by atoms with Crippen LogP contribution in [0.5, 0.6) is 11.8 Å². The van der Waals surface area contributed by atoms with Crippen molar-refractivity contribution >= 4 is 11.5 Å². The Kier molecular flexibility index (Phi) is 5.74. The number of carboxylic acid groups (broad SMARTS) is 1. The molecule has 2 bridgehead atoms. The molecule has 2 aromatic heterocycles.